The van der Waals surface area contributed by atoms with Crippen LogP contribution in [0.25, 0.3) is 0 Å². The van der Waals surface area contributed by atoms with Gasteiger partial charge in [0.1, 0.15) is 17.6 Å². The quantitative estimate of drug-likeness (QED) is 0.292. The molecule has 0 bridgehead atoms. The summed E-state index contributed by atoms with van der Waals surface area (Å²) in [6, 6.07) is 0. The van der Waals surface area contributed by atoms with Gasteiger partial charge in [-0.2, -0.15) is 0 Å². The van der Waals surface area contributed by atoms with Gasteiger partial charge in [-0.05, 0) is 37.9 Å². The summed E-state index contributed by atoms with van der Waals surface area (Å²) in [5, 5.41) is 0.00622. The highest BCUT2D eigenvalue weighted by molar-refractivity contribution is 6.74. The Hall–Kier alpha value is -1.20. The number of ketones is 1. The lowest BCUT2D eigenvalue weighted by Gasteiger charge is -2.38. The average Bonchev–Trinajstić information content (AvgIpc) is 3.04. The van der Waals surface area contributed by atoms with Gasteiger partial charge in [0, 0.05) is 18.3 Å². The fraction of sp³-hybridized carbons (Fsp3) is 0.714. The van der Waals surface area contributed by atoms with Crippen LogP contribution in [-0.4, -0.2) is 31.8 Å². The zero-order valence-corrected chi connectivity index (χ0v) is 18.1. The maximum absolute atomic E-state index is 13.0. The summed E-state index contributed by atoms with van der Waals surface area (Å²) < 4.78 is 12.1. The third kappa shape index (κ3) is 3.48. The first-order valence-electron chi connectivity index (χ1n) is 9.59. The van der Waals surface area contributed by atoms with E-state index in [9.17, 15) is 9.59 Å². The van der Waals surface area contributed by atoms with Gasteiger partial charge >= 0.3 is 5.97 Å². The highest BCUT2D eigenvalue weighted by Crippen LogP contribution is 2.52. The van der Waals surface area contributed by atoms with Gasteiger partial charge in [0.15, 0.2) is 14.1 Å². The van der Waals surface area contributed by atoms with Crippen molar-refractivity contribution in [3.05, 3.63) is 25.3 Å². The summed E-state index contributed by atoms with van der Waals surface area (Å²) in [5.41, 5.74) is -0.655. The maximum Gasteiger partial charge on any atom is 0.317 e. The maximum atomic E-state index is 13.0. The van der Waals surface area contributed by atoms with E-state index in [1.165, 1.54) is 0 Å². The van der Waals surface area contributed by atoms with Crippen LogP contribution < -0.4 is 0 Å². The summed E-state index contributed by atoms with van der Waals surface area (Å²) in [5.74, 6) is -1.18. The predicted molar refractivity (Wildman–Crippen MR) is 106 cm³/mol. The molecule has 0 aromatic carbocycles. The van der Waals surface area contributed by atoms with Gasteiger partial charge in [-0.3, -0.25) is 9.59 Å². The molecule has 1 saturated heterocycles. The molecule has 2 fully saturated rings. The zero-order valence-electron chi connectivity index (χ0n) is 17.1. The van der Waals surface area contributed by atoms with Gasteiger partial charge in [0.2, 0.25) is 0 Å². The lowest BCUT2D eigenvalue weighted by Crippen LogP contribution is -2.46. The number of rotatable bonds is 6. The third-order valence-electron chi connectivity index (χ3n) is 6.73. The first-order chi connectivity index (χ1) is 11.9. The molecule has 0 N–H and O–H groups in total. The van der Waals surface area contributed by atoms with Crippen LogP contribution >= 0.6 is 0 Å². The van der Waals surface area contributed by atoms with E-state index < -0.39 is 31.9 Å². The Bertz CT molecular complexity index is 586. The molecule has 2 rings (SSSR count). The topological polar surface area (TPSA) is 52.6 Å². The average molecular weight is 379 g/mol. The molecule has 0 amide bonds. The summed E-state index contributed by atoms with van der Waals surface area (Å²) >= 11 is 0. The number of carbonyl (C=O) groups excluding carboxylic acids is 2. The summed E-state index contributed by atoms with van der Waals surface area (Å²) in [6.07, 6.45) is 5.34. The predicted octanol–water partition coefficient (Wildman–Crippen LogP) is 4.67. The smallest absolute Gasteiger partial charge is 0.317 e. The lowest BCUT2D eigenvalue weighted by atomic mass is 9.78. The van der Waals surface area contributed by atoms with E-state index in [4.69, 9.17) is 9.16 Å². The molecule has 1 spiro atoms. The molecule has 1 heterocycles. The highest BCUT2D eigenvalue weighted by atomic mass is 28.4. The Kier molecular flexibility index (Phi) is 5.75. The number of esters is 1. The second kappa shape index (κ2) is 7.08. The van der Waals surface area contributed by atoms with Gasteiger partial charge in [0.05, 0.1) is 0 Å². The second-order valence-electron chi connectivity index (χ2n) is 9.32. The van der Waals surface area contributed by atoms with Crippen LogP contribution in [0.3, 0.4) is 0 Å². The molecule has 5 heteroatoms. The molecule has 0 aromatic rings. The van der Waals surface area contributed by atoms with Crippen molar-refractivity contribution < 1.29 is 18.8 Å². The van der Waals surface area contributed by atoms with Crippen LogP contribution in [0.15, 0.2) is 25.3 Å². The van der Waals surface area contributed by atoms with Gasteiger partial charge in [-0.15, -0.1) is 13.2 Å². The summed E-state index contributed by atoms with van der Waals surface area (Å²) in [6.45, 7) is 20.2. The minimum absolute atomic E-state index is 0.00622. The molecule has 0 radical (unpaired) electrons. The lowest BCUT2D eigenvalue weighted by molar-refractivity contribution is -0.155. The fourth-order valence-electron chi connectivity index (χ4n) is 4.09. The molecule has 4 nitrogen and oxygen atoms in total. The molecule has 146 valence electrons. The zero-order chi connectivity index (χ0) is 19.9. The van der Waals surface area contributed by atoms with E-state index >= 15 is 0 Å². The van der Waals surface area contributed by atoms with Gasteiger partial charge in [-0.1, -0.05) is 32.9 Å². The number of Topliss-reactive ketones (excluding diaryl/α,β-unsaturated/α-hetero) is 1. The van der Waals surface area contributed by atoms with Crippen LogP contribution in [-0.2, 0) is 18.8 Å². The van der Waals surface area contributed by atoms with Crippen molar-refractivity contribution in [3.8, 4) is 0 Å². The van der Waals surface area contributed by atoms with E-state index in [2.05, 4.69) is 47.0 Å². The molecular weight excluding hydrogens is 344 g/mol. The van der Waals surface area contributed by atoms with Gasteiger partial charge in [0.25, 0.3) is 0 Å². The largest absolute Gasteiger partial charge is 0.457 e. The standard InChI is InChI=1S/C21H34O4Si/c1-9-15-11-12-16(10-2)21(15)13-17(19(23)24-21)18(22)14(3)25-26(7,8)20(4,5)6/h9-10,14-17H,1-2,11-13H2,3-8H3/t14-,15+,16+,17-/m0/s1. The third-order valence-corrected chi connectivity index (χ3v) is 11.3. The normalized spacial score (nSPS) is 29.5. The fourth-order valence-corrected chi connectivity index (χ4v) is 5.44. The van der Waals surface area contributed by atoms with Crippen LogP contribution in [0.5, 0.6) is 0 Å². The van der Waals surface area contributed by atoms with Gasteiger partial charge < -0.3 is 9.16 Å². The van der Waals surface area contributed by atoms with Crippen LogP contribution in [0.4, 0.5) is 0 Å². The minimum atomic E-state index is -2.09. The van der Waals surface area contributed by atoms with Crippen molar-refractivity contribution in [2.45, 2.75) is 76.8 Å². The van der Waals surface area contributed by atoms with Crippen molar-refractivity contribution in [2.24, 2.45) is 17.8 Å². The number of carbonyl (C=O) groups is 2. The number of hydrogen-bond acceptors (Lipinski definition) is 4. The minimum Gasteiger partial charge on any atom is -0.457 e. The monoisotopic (exact) mass is 378 g/mol. The Morgan fingerprint density at radius 3 is 2.19 bits per heavy atom. The summed E-state index contributed by atoms with van der Waals surface area (Å²) in [4.78, 5) is 25.6. The Balaban J connectivity index is 2.19. The van der Waals surface area contributed by atoms with E-state index in [0.717, 1.165) is 12.8 Å². The van der Waals surface area contributed by atoms with Crippen molar-refractivity contribution in [2.75, 3.05) is 0 Å². The number of hydrogen-bond donors (Lipinski definition) is 0. The molecule has 4 atom stereocenters. The van der Waals surface area contributed by atoms with Crippen molar-refractivity contribution >= 4 is 20.1 Å². The SMILES string of the molecule is C=C[C@@H]1CC[C@@H](C=C)C12C[C@@H](C(=O)[C@H](C)O[Si](C)(C)C(C)(C)C)C(=O)O2. The molecule has 0 unspecified atom stereocenters. The Labute approximate surface area is 159 Å². The Morgan fingerprint density at radius 2 is 1.77 bits per heavy atom. The van der Waals surface area contributed by atoms with Crippen molar-refractivity contribution in [1.29, 1.82) is 0 Å². The highest BCUT2D eigenvalue weighted by Gasteiger charge is 2.59. The van der Waals surface area contributed by atoms with Crippen LogP contribution in [0, 0.1) is 17.8 Å². The molecular formula is C21H34O4Si. The number of ether oxygens (including phenoxy) is 1. The Morgan fingerprint density at radius 1 is 1.27 bits per heavy atom. The first-order valence-corrected chi connectivity index (χ1v) is 12.5. The van der Waals surface area contributed by atoms with Crippen LogP contribution in [0.2, 0.25) is 18.1 Å². The first kappa shape index (κ1) is 21.1. The van der Waals surface area contributed by atoms with Gasteiger partial charge in [-0.25, -0.2) is 0 Å². The molecule has 26 heavy (non-hydrogen) atoms. The van der Waals surface area contributed by atoms with Crippen molar-refractivity contribution in [1.82, 2.24) is 0 Å². The molecule has 1 aliphatic heterocycles. The second-order valence-corrected chi connectivity index (χ2v) is 14.1. The van der Waals surface area contributed by atoms with E-state index in [1.54, 1.807) is 6.92 Å². The molecule has 1 saturated carbocycles. The van der Waals surface area contributed by atoms with E-state index in [-0.39, 0.29) is 22.7 Å². The molecule has 1 aliphatic carbocycles. The summed E-state index contributed by atoms with van der Waals surface area (Å²) in [7, 11) is -2.09. The van der Waals surface area contributed by atoms with Crippen molar-refractivity contribution in [3.63, 3.8) is 0 Å². The molecule has 0 aromatic heterocycles. The van der Waals surface area contributed by atoms with E-state index in [1.807, 2.05) is 12.2 Å². The molecule has 2 aliphatic rings. The van der Waals surface area contributed by atoms with Crippen LogP contribution in [0.1, 0.15) is 47.0 Å². The van der Waals surface area contributed by atoms with E-state index in [0.29, 0.717) is 6.42 Å².